The largest absolute Gasteiger partial charge is 0.483 e. The fraction of sp³-hybridized carbons (Fsp3) is 0.167. The van der Waals surface area contributed by atoms with Crippen LogP contribution in [0, 0.1) is 25.2 Å². The molecule has 2 rings (SSSR count). The number of hydrogen-bond donors (Lipinski definition) is 1. The fourth-order valence-corrected chi connectivity index (χ4v) is 1.96. The van der Waals surface area contributed by atoms with Crippen LogP contribution in [0.5, 0.6) is 5.75 Å². The van der Waals surface area contributed by atoms with Crippen LogP contribution >= 0.6 is 0 Å². The number of hydrazone groups is 1. The fourth-order valence-electron chi connectivity index (χ4n) is 1.96. The minimum absolute atomic E-state index is 0.103. The van der Waals surface area contributed by atoms with Gasteiger partial charge < -0.3 is 4.74 Å². The lowest BCUT2D eigenvalue weighted by Crippen LogP contribution is -2.24. The van der Waals surface area contributed by atoms with Crippen molar-refractivity contribution in [2.45, 2.75) is 13.8 Å². The number of nitrogens with zero attached hydrogens (tertiary/aromatic N) is 2. The number of carbonyl (C=O) groups excluding carboxylic acids is 1. The Morgan fingerprint density at radius 1 is 1.26 bits per heavy atom. The molecule has 5 nitrogen and oxygen atoms in total. The van der Waals surface area contributed by atoms with Crippen molar-refractivity contribution < 1.29 is 9.53 Å². The molecule has 5 heteroatoms. The van der Waals surface area contributed by atoms with Gasteiger partial charge in [-0.1, -0.05) is 29.8 Å². The van der Waals surface area contributed by atoms with E-state index in [9.17, 15) is 4.79 Å². The average Bonchev–Trinajstić information content (AvgIpc) is 2.54. The van der Waals surface area contributed by atoms with Gasteiger partial charge in [-0.3, -0.25) is 4.79 Å². The standard InChI is InChI=1S/C18H17N3O2/c1-13-3-8-17(14(2)9-13)23-12-18(22)21-20-11-16-6-4-15(10-19)5-7-16/h3-9,11H,12H2,1-2H3,(H,21,22). The van der Waals surface area contributed by atoms with Gasteiger partial charge in [-0.25, -0.2) is 5.43 Å². The van der Waals surface area contributed by atoms with E-state index < -0.39 is 0 Å². The molecule has 1 N–H and O–H groups in total. The van der Waals surface area contributed by atoms with Crippen molar-refractivity contribution in [2.24, 2.45) is 5.10 Å². The van der Waals surface area contributed by atoms with E-state index in [4.69, 9.17) is 10.00 Å². The first kappa shape index (κ1) is 16.2. The smallest absolute Gasteiger partial charge is 0.277 e. The Balaban J connectivity index is 1.82. The minimum Gasteiger partial charge on any atom is -0.483 e. The van der Waals surface area contributed by atoms with E-state index in [0.717, 1.165) is 16.7 Å². The summed E-state index contributed by atoms with van der Waals surface area (Å²) in [6.45, 7) is 3.83. The summed E-state index contributed by atoms with van der Waals surface area (Å²) < 4.78 is 5.46. The van der Waals surface area contributed by atoms with Gasteiger partial charge >= 0.3 is 0 Å². The Bertz CT molecular complexity index is 759. The molecule has 0 bridgehead atoms. The summed E-state index contributed by atoms with van der Waals surface area (Å²) in [5.41, 5.74) is 5.90. The summed E-state index contributed by atoms with van der Waals surface area (Å²) >= 11 is 0. The second-order valence-electron chi connectivity index (χ2n) is 5.08. The normalized spacial score (nSPS) is 10.3. The third kappa shape index (κ3) is 4.97. The van der Waals surface area contributed by atoms with E-state index in [1.54, 1.807) is 24.3 Å². The lowest BCUT2D eigenvalue weighted by Gasteiger charge is -2.08. The topological polar surface area (TPSA) is 74.5 Å². The summed E-state index contributed by atoms with van der Waals surface area (Å²) in [5.74, 6) is 0.344. The first-order valence-corrected chi connectivity index (χ1v) is 7.10. The monoisotopic (exact) mass is 307 g/mol. The molecule has 23 heavy (non-hydrogen) atoms. The number of carbonyl (C=O) groups is 1. The number of rotatable bonds is 5. The third-order valence-corrected chi connectivity index (χ3v) is 3.13. The molecule has 0 heterocycles. The van der Waals surface area contributed by atoms with Crippen molar-refractivity contribution in [3.05, 3.63) is 64.7 Å². The van der Waals surface area contributed by atoms with E-state index >= 15 is 0 Å². The lowest BCUT2D eigenvalue weighted by molar-refractivity contribution is -0.123. The molecule has 116 valence electrons. The van der Waals surface area contributed by atoms with Crippen molar-refractivity contribution in [2.75, 3.05) is 6.61 Å². The van der Waals surface area contributed by atoms with Gasteiger partial charge in [0.15, 0.2) is 6.61 Å². The van der Waals surface area contributed by atoms with E-state index in [2.05, 4.69) is 10.5 Å². The van der Waals surface area contributed by atoms with Crippen LogP contribution in [0.1, 0.15) is 22.3 Å². The predicted molar refractivity (Wildman–Crippen MR) is 88.3 cm³/mol. The quantitative estimate of drug-likeness (QED) is 0.681. The van der Waals surface area contributed by atoms with E-state index in [0.29, 0.717) is 11.3 Å². The highest BCUT2D eigenvalue weighted by Crippen LogP contribution is 2.18. The molecule has 0 aliphatic carbocycles. The number of ether oxygens (including phenoxy) is 1. The molecule has 0 radical (unpaired) electrons. The van der Waals surface area contributed by atoms with Crippen LogP contribution in [0.15, 0.2) is 47.6 Å². The summed E-state index contributed by atoms with van der Waals surface area (Å²) in [7, 11) is 0. The van der Waals surface area contributed by atoms with Gasteiger partial charge in [0, 0.05) is 0 Å². The molecule has 1 amide bonds. The first-order chi connectivity index (χ1) is 11.1. The average molecular weight is 307 g/mol. The highest BCUT2D eigenvalue weighted by Gasteiger charge is 2.04. The highest BCUT2D eigenvalue weighted by atomic mass is 16.5. The van der Waals surface area contributed by atoms with Crippen molar-refractivity contribution in [1.82, 2.24) is 5.43 Å². The zero-order valence-electron chi connectivity index (χ0n) is 13.0. The van der Waals surface area contributed by atoms with Gasteiger partial charge in [0.2, 0.25) is 0 Å². The van der Waals surface area contributed by atoms with Crippen LogP contribution < -0.4 is 10.2 Å². The molecule has 0 aliphatic heterocycles. The molecule has 0 fully saturated rings. The number of hydrogen-bond acceptors (Lipinski definition) is 4. The van der Waals surface area contributed by atoms with Gasteiger partial charge in [-0.15, -0.1) is 0 Å². The van der Waals surface area contributed by atoms with E-state index in [1.807, 2.05) is 38.1 Å². The molecule has 0 saturated carbocycles. The minimum atomic E-state index is -0.338. The second kappa shape index (κ2) is 7.76. The van der Waals surface area contributed by atoms with Crippen molar-refractivity contribution in [3.8, 4) is 11.8 Å². The van der Waals surface area contributed by atoms with Crippen molar-refractivity contribution >= 4 is 12.1 Å². The molecule has 2 aromatic carbocycles. The number of amides is 1. The second-order valence-corrected chi connectivity index (χ2v) is 5.08. The summed E-state index contributed by atoms with van der Waals surface area (Å²) in [5, 5.41) is 12.6. The van der Waals surface area contributed by atoms with E-state index in [1.165, 1.54) is 6.21 Å². The molecule has 0 spiro atoms. The van der Waals surface area contributed by atoms with Crippen LogP contribution in [-0.2, 0) is 4.79 Å². The van der Waals surface area contributed by atoms with Crippen molar-refractivity contribution in [1.29, 1.82) is 5.26 Å². The Kier molecular flexibility index (Phi) is 5.48. The molecule has 0 aromatic heterocycles. The predicted octanol–water partition coefficient (Wildman–Crippen LogP) is 2.70. The third-order valence-electron chi connectivity index (χ3n) is 3.13. The molecular weight excluding hydrogens is 290 g/mol. The van der Waals surface area contributed by atoms with Crippen LogP contribution in [0.3, 0.4) is 0 Å². The Morgan fingerprint density at radius 3 is 2.65 bits per heavy atom. The number of nitriles is 1. The molecule has 0 aliphatic rings. The van der Waals surface area contributed by atoms with E-state index in [-0.39, 0.29) is 12.5 Å². The molecule has 0 saturated heterocycles. The molecular formula is C18H17N3O2. The zero-order valence-corrected chi connectivity index (χ0v) is 13.0. The number of benzene rings is 2. The summed E-state index contributed by atoms with van der Waals surface area (Å²) in [4.78, 5) is 11.7. The van der Waals surface area contributed by atoms with Crippen LogP contribution in [0.2, 0.25) is 0 Å². The number of aryl methyl sites for hydroxylation is 2. The first-order valence-electron chi connectivity index (χ1n) is 7.10. The maximum atomic E-state index is 11.7. The Labute approximate surface area is 135 Å². The zero-order chi connectivity index (χ0) is 16.7. The maximum absolute atomic E-state index is 11.7. The van der Waals surface area contributed by atoms with Gasteiger partial charge in [-0.05, 0) is 43.2 Å². The molecule has 2 aromatic rings. The maximum Gasteiger partial charge on any atom is 0.277 e. The van der Waals surface area contributed by atoms with Crippen molar-refractivity contribution in [3.63, 3.8) is 0 Å². The van der Waals surface area contributed by atoms with Crippen LogP contribution in [0.25, 0.3) is 0 Å². The van der Waals surface area contributed by atoms with Crippen LogP contribution in [0.4, 0.5) is 0 Å². The molecule has 0 unspecified atom stereocenters. The summed E-state index contributed by atoms with van der Waals surface area (Å²) in [6, 6.07) is 14.7. The highest BCUT2D eigenvalue weighted by molar-refractivity contribution is 5.83. The van der Waals surface area contributed by atoms with Gasteiger partial charge in [0.1, 0.15) is 5.75 Å². The lowest BCUT2D eigenvalue weighted by atomic mass is 10.1. The van der Waals surface area contributed by atoms with Gasteiger partial charge in [0.05, 0.1) is 17.8 Å². The summed E-state index contributed by atoms with van der Waals surface area (Å²) in [6.07, 6.45) is 1.51. The van der Waals surface area contributed by atoms with Crippen LogP contribution in [-0.4, -0.2) is 18.7 Å². The SMILES string of the molecule is Cc1ccc(OCC(=O)NN=Cc2ccc(C#N)cc2)c(C)c1. The number of nitrogens with one attached hydrogen (secondary N) is 1. The van der Waals surface area contributed by atoms with Gasteiger partial charge in [0.25, 0.3) is 5.91 Å². The molecule has 0 atom stereocenters. The van der Waals surface area contributed by atoms with Gasteiger partial charge in [-0.2, -0.15) is 10.4 Å². The Morgan fingerprint density at radius 2 is 2.00 bits per heavy atom. The Hall–Kier alpha value is -3.13.